The number of rotatable bonds is 3. The average molecular weight is 287 g/mol. The second-order valence-electron chi connectivity index (χ2n) is 5.94. The zero-order valence-corrected chi connectivity index (χ0v) is 12.6. The van der Waals surface area contributed by atoms with Crippen LogP contribution in [0.15, 0.2) is 36.5 Å². The van der Waals surface area contributed by atoms with Gasteiger partial charge in [0.25, 0.3) is 0 Å². The van der Waals surface area contributed by atoms with Crippen LogP contribution in [0.2, 0.25) is 0 Å². The van der Waals surface area contributed by atoms with Crippen LogP contribution in [0.1, 0.15) is 32.4 Å². The topological polar surface area (TPSA) is 77.2 Å². The summed E-state index contributed by atoms with van der Waals surface area (Å²) in [5, 5.41) is 3.71. The first-order valence-corrected chi connectivity index (χ1v) is 6.92. The fourth-order valence-corrected chi connectivity index (χ4v) is 1.95. The Bertz CT molecular complexity index is 635. The van der Waals surface area contributed by atoms with E-state index in [4.69, 9.17) is 10.5 Å². The summed E-state index contributed by atoms with van der Waals surface area (Å²) in [6.45, 7) is 5.79. The second-order valence-corrected chi connectivity index (χ2v) is 5.94. The number of alkyl carbamates (subject to hydrolysis) is 1. The molecule has 2 aromatic rings. The number of hydrogen-bond acceptors (Lipinski definition) is 4. The summed E-state index contributed by atoms with van der Waals surface area (Å²) in [7, 11) is 0. The summed E-state index contributed by atoms with van der Waals surface area (Å²) in [5.41, 5.74) is 7.47. The zero-order chi connectivity index (χ0) is 15.5. The number of nitrogens with two attached hydrogens (primary N) is 1. The van der Waals surface area contributed by atoms with Crippen molar-refractivity contribution in [1.29, 1.82) is 0 Å². The summed E-state index contributed by atoms with van der Waals surface area (Å²) in [6, 6.07) is 9.43. The van der Waals surface area contributed by atoms with Gasteiger partial charge in [0.15, 0.2) is 0 Å². The van der Waals surface area contributed by atoms with Gasteiger partial charge >= 0.3 is 6.09 Å². The van der Waals surface area contributed by atoms with Crippen LogP contribution in [-0.2, 0) is 4.74 Å². The number of pyridine rings is 1. The molecule has 0 fully saturated rings. The van der Waals surface area contributed by atoms with Crippen LogP contribution in [0.5, 0.6) is 0 Å². The summed E-state index contributed by atoms with van der Waals surface area (Å²) < 4.78 is 5.18. The van der Waals surface area contributed by atoms with Gasteiger partial charge in [0, 0.05) is 24.2 Å². The molecule has 0 saturated heterocycles. The monoisotopic (exact) mass is 287 g/mol. The van der Waals surface area contributed by atoms with Crippen LogP contribution in [-0.4, -0.2) is 23.2 Å². The van der Waals surface area contributed by atoms with Crippen LogP contribution in [0.3, 0.4) is 0 Å². The maximum absolute atomic E-state index is 11.6. The lowest BCUT2D eigenvalue weighted by atomic mass is 10.0. The molecule has 0 aliphatic heterocycles. The molecule has 1 atom stereocenters. The van der Waals surface area contributed by atoms with Crippen molar-refractivity contribution in [3.63, 3.8) is 0 Å². The van der Waals surface area contributed by atoms with Gasteiger partial charge in [0.1, 0.15) is 5.60 Å². The molecule has 0 saturated carbocycles. The standard InChI is InChI=1S/C16H21N3O2/c1-16(2,3)21-15(20)19-10-13(17)11-6-7-14-12(9-11)5-4-8-18-14/h4-9,13H,10,17H2,1-3H3,(H,19,20). The van der Waals surface area contributed by atoms with E-state index < -0.39 is 11.7 Å². The molecule has 1 heterocycles. The Balaban J connectivity index is 1.99. The molecule has 3 N–H and O–H groups in total. The molecule has 0 radical (unpaired) electrons. The van der Waals surface area contributed by atoms with Crippen LogP contribution in [0.4, 0.5) is 4.79 Å². The van der Waals surface area contributed by atoms with E-state index >= 15 is 0 Å². The van der Waals surface area contributed by atoms with E-state index in [1.54, 1.807) is 6.20 Å². The molecule has 5 nitrogen and oxygen atoms in total. The van der Waals surface area contributed by atoms with Crippen molar-refractivity contribution >= 4 is 17.0 Å². The van der Waals surface area contributed by atoms with Gasteiger partial charge in [-0.25, -0.2) is 4.79 Å². The van der Waals surface area contributed by atoms with E-state index in [2.05, 4.69) is 10.3 Å². The Morgan fingerprint density at radius 3 is 2.86 bits per heavy atom. The highest BCUT2D eigenvalue weighted by atomic mass is 16.6. The predicted molar refractivity (Wildman–Crippen MR) is 82.9 cm³/mol. The van der Waals surface area contributed by atoms with E-state index in [0.717, 1.165) is 16.5 Å². The van der Waals surface area contributed by atoms with Crippen molar-refractivity contribution in [1.82, 2.24) is 10.3 Å². The van der Waals surface area contributed by atoms with Gasteiger partial charge in [-0.3, -0.25) is 4.98 Å². The highest BCUT2D eigenvalue weighted by Crippen LogP contribution is 2.17. The minimum atomic E-state index is -0.511. The smallest absolute Gasteiger partial charge is 0.407 e. The number of nitrogens with zero attached hydrogens (tertiary/aromatic N) is 1. The van der Waals surface area contributed by atoms with Crippen LogP contribution < -0.4 is 11.1 Å². The number of aromatic nitrogens is 1. The van der Waals surface area contributed by atoms with Crippen molar-refractivity contribution in [3.05, 3.63) is 42.1 Å². The Morgan fingerprint density at radius 1 is 1.38 bits per heavy atom. The van der Waals surface area contributed by atoms with Gasteiger partial charge in [-0.05, 0) is 44.5 Å². The highest BCUT2D eigenvalue weighted by Gasteiger charge is 2.17. The Kier molecular flexibility index (Phi) is 4.43. The second kappa shape index (κ2) is 6.10. The molecule has 5 heteroatoms. The fourth-order valence-electron chi connectivity index (χ4n) is 1.95. The van der Waals surface area contributed by atoms with E-state index in [1.165, 1.54) is 0 Å². The molecule has 0 aliphatic rings. The lowest BCUT2D eigenvalue weighted by Gasteiger charge is -2.21. The number of benzene rings is 1. The third-order valence-corrected chi connectivity index (χ3v) is 2.92. The van der Waals surface area contributed by atoms with Crippen LogP contribution in [0.25, 0.3) is 10.9 Å². The molecule has 0 spiro atoms. The van der Waals surface area contributed by atoms with E-state index in [0.29, 0.717) is 6.54 Å². The van der Waals surface area contributed by atoms with Gasteiger partial charge in [-0.1, -0.05) is 12.1 Å². The number of ether oxygens (including phenoxy) is 1. The maximum atomic E-state index is 11.6. The average Bonchev–Trinajstić information content (AvgIpc) is 2.42. The largest absolute Gasteiger partial charge is 0.444 e. The highest BCUT2D eigenvalue weighted by molar-refractivity contribution is 5.79. The van der Waals surface area contributed by atoms with E-state index in [1.807, 2.05) is 51.1 Å². The zero-order valence-electron chi connectivity index (χ0n) is 12.6. The first-order valence-electron chi connectivity index (χ1n) is 6.92. The van der Waals surface area contributed by atoms with Gasteiger partial charge in [-0.15, -0.1) is 0 Å². The number of carbonyl (C=O) groups is 1. The summed E-state index contributed by atoms with van der Waals surface area (Å²) in [4.78, 5) is 15.9. The minimum absolute atomic E-state index is 0.290. The molecular formula is C16H21N3O2. The lowest BCUT2D eigenvalue weighted by molar-refractivity contribution is 0.0524. The first kappa shape index (κ1) is 15.3. The van der Waals surface area contributed by atoms with Gasteiger partial charge in [-0.2, -0.15) is 0 Å². The molecule has 1 amide bonds. The van der Waals surface area contributed by atoms with Crippen molar-refractivity contribution in [3.8, 4) is 0 Å². The molecule has 21 heavy (non-hydrogen) atoms. The first-order chi connectivity index (χ1) is 9.85. The SMILES string of the molecule is CC(C)(C)OC(=O)NCC(N)c1ccc2ncccc2c1. The summed E-state index contributed by atoms with van der Waals surface area (Å²) in [6.07, 6.45) is 1.30. The van der Waals surface area contributed by atoms with Crippen LogP contribution in [0, 0.1) is 0 Å². The number of amides is 1. The van der Waals surface area contributed by atoms with Crippen molar-refractivity contribution in [2.24, 2.45) is 5.73 Å². The van der Waals surface area contributed by atoms with E-state index in [-0.39, 0.29) is 6.04 Å². The van der Waals surface area contributed by atoms with Crippen molar-refractivity contribution in [2.75, 3.05) is 6.54 Å². The van der Waals surface area contributed by atoms with Gasteiger partial charge < -0.3 is 15.8 Å². The molecule has 0 bridgehead atoms. The van der Waals surface area contributed by atoms with E-state index in [9.17, 15) is 4.79 Å². The quantitative estimate of drug-likeness (QED) is 0.910. The maximum Gasteiger partial charge on any atom is 0.407 e. The van der Waals surface area contributed by atoms with Crippen LogP contribution >= 0.6 is 0 Å². The number of nitrogens with one attached hydrogen (secondary N) is 1. The third-order valence-electron chi connectivity index (χ3n) is 2.92. The summed E-state index contributed by atoms with van der Waals surface area (Å²) >= 11 is 0. The number of carbonyl (C=O) groups excluding carboxylic acids is 1. The molecule has 1 aromatic heterocycles. The molecular weight excluding hydrogens is 266 g/mol. The van der Waals surface area contributed by atoms with Crippen molar-refractivity contribution < 1.29 is 9.53 Å². The lowest BCUT2D eigenvalue weighted by Crippen LogP contribution is -2.36. The molecule has 1 aromatic carbocycles. The molecule has 1 unspecified atom stereocenters. The third kappa shape index (κ3) is 4.43. The predicted octanol–water partition coefficient (Wildman–Crippen LogP) is 2.76. The fraction of sp³-hybridized carbons (Fsp3) is 0.375. The van der Waals surface area contributed by atoms with Crippen molar-refractivity contribution in [2.45, 2.75) is 32.4 Å². The number of fused-ring (bicyclic) bond motifs is 1. The molecule has 2 rings (SSSR count). The molecule has 0 aliphatic carbocycles. The normalized spacial score (nSPS) is 13.0. The van der Waals surface area contributed by atoms with Gasteiger partial charge in [0.05, 0.1) is 5.52 Å². The summed E-state index contributed by atoms with van der Waals surface area (Å²) in [5.74, 6) is 0. The number of hydrogen-bond donors (Lipinski definition) is 2. The Morgan fingerprint density at radius 2 is 2.14 bits per heavy atom. The minimum Gasteiger partial charge on any atom is -0.444 e. The Labute approximate surface area is 124 Å². The Hall–Kier alpha value is -2.14. The molecule has 112 valence electrons. The van der Waals surface area contributed by atoms with Gasteiger partial charge in [0.2, 0.25) is 0 Å².